The first-order chi connectivity index (χ1) is 8.51. The van der Waals surface area contributed by atoms with Crippen molar-refractivity contribution in [3.05, 3.63) is 29.3 Å². The molecule has 100 valence electrons. The molecule has 0 saturated heterocycles. The van der Waals surface area contributed by atoms with Crippen LogP contribution in [0.2, 0.25) is 0 Å². The molecule has 18 heavy (non-hydrogen) atoms. The zero-order chi connectivity index (χ0) is 13.7. The minimum atomic E-state index is -1.15. The summed E-state index contributed by atoms with van der Waals surface area (Å²) in [5, 5.41) is 19.7. The van der Waals surface area contributed by atoms with Crippen molar-refractivity contribution in [3.8, 4) is 0 Å². The molecule has 5 nitrogen and oxygen atoms in total. The van der Waals surface area contributed by atoms with Crippen molar-refractivity contribution in [1.29, 1.82) is 0 Å². The Morgan fingerprint density at radius 3 is 2.72 bits per heavy atom. The highest BCUT2D eigenvalue weighted by atomic mass is 32.1. The number of aliphatic hydroxyl groups is 2. The van der Waals surface area contributed by atoms with Gasteiger partial charge in [-0.2, -0.15) is 12.6 Å². The molecule has 0 bridgehead atoms. The van der Waals surface area contributed by atoms with E-state index in [4.69, 9.17) is 5.73 Å². The summed E-state index contributed by atoms with van der Waals surface area (Å²) in [4.78, 5) is 11.4. The maximum absolute atomic E-state index is 11.4. The molecule has 0 amide bonds. The number of hydrogen-bond acceptors (Lipinski definition) is 6. The first-order valence-corrected chi connectivity index (χ1v) is 6.09. The van der Waals surface area contributed by atoms with Crippen LogP contribution in [0.5, 0.6) is 0 Å². The van der Waals surface area contributed by atoms with Crippen molar-refractivity contribution in [2.45, 2.75) is 18.6 Å². The van der Waals surface area contributed by atoms with E-state index >= 15 is 0 Å². The summed E-state index contributed by atoms with van der Waals surface area (Å²) in [5.41, 5.74) is 6.63. The van der Waals surface area contributed by atoms with Crippen LogP contribution in [0.25, 0.3) is 0 Å². The molecule has 0 aliphatic heterocycles. The number of carbonyl (C=O) groups is 1. The lowest BCUT2D eigenvalue weighted by atomic mass is 9.99. The molecule has 1 aromatic carbocycles. The van der Waals surface area contributed by atoms with E-state index in [1.807, 2.05) is 0 Å². The van der Waals surface area contributed by atoms with Crippen LogP contribution in [0.3, 0.4) is 0 Å². The number of rotatable bonds is 5. The Hall–Kier alpha value is -1.24. The van der Waals surface area contributed by atoms with Crippen molar-refractivity contribution in [2.75, 3.05) is 18.6 Å². The molecule has 2 unspecified atom stereocenters. The fourth-order valence-electron chi connectivity index (χ4n) is 1.57. The quantitative estimate of drug-likeness (QED) is 0.360. The Morgan fingerprint density at radius 1 is 1.50 bits per heavy atom. The number of carbonyl (C=O) groups excluding carboxylic acids is 1. The summed E-state index contributed by atoms with van der Waals surface area (Å²) in [6.45, 7) is 0. The molecule has 6 heteroatoms. The molecule has 0 aliphatic rings. The number of benzene rings is 1. The molecular weight excluding hydrogens is 254 g/mol. The summed E-state index contributed by atoms with van der Waals surface area (Å²) < 4.78 is 4.58. The van der Waals surface area contributed by atoms with E-state index in [1.165, 1.54) is 25.3 Å². The average molecular weight is 271 g/mol. The molecule has 0 aliphatic carbocycles. The van der Waals surface area contributed by atoms with Crippen LogP contribution < -0.4 is 5.73 Å². The number of thiol groups is 1. The molecular formula is C12H17NO4S. The Bertz CT molecular complexity index is 425. The molecule has 1 aromatic rings. The van der Waals surface area contributed by atoms with E-state index in [9.17, 15) is 15.0 Å². The first-order valence-electron chi connectivity index (χ1n) is 5.46. The standard InChI is InChI=1S/C12H17NO4S/c1-17-12(16)7-2-3-9(13)8(6-7)11(15)10(14)4-5-18/h2-3,6,10-11,14-15,18H,4-5,13H2,1H3. The largest absolute Gasteiger partial charge is 0.465 e. The molecule has 0 spiro atoms. The van der Waals surface area contributed by atoms with Crippen LogP contribution in [-0.2, 0) is 4.74 Å². The SMILES string of the molecule is COC(=O)c1ccc(N)c(C(O)C(O)CCS)c1. The third-order valence-electron chi connectivity index (χ3n) is 2.62. The van der Waals surface area contributed by atoms with E-state index in [-0.39, 0.29) is 5.56 Å². The van der Waals surface area contributed by atoms with Crippen molar-refractivity contribution >= 4 is 24.3 Å². The lowest BCUT2D eigenvalue weighted by Gasteiger charge is -2.19. The Balaban J connectivity index is 3.03. The molecule has 0 fully saturated rings. The van der Waals surface area contributed by atoms with Gasteiger partial charge in [-0.3, -0.25) is 0 Å². The number of methoxy groups -OCH3 is 1. The maximum atomic E-state index is 11.4. The van der Waals surface area contributed by atoms with Gasteiger partial charge in [0, 0.05) is 11.3 Å². The van der Waals surface area contributed by atoms with Crippen LogP contribution >= 0.6 is 12.6 Å². The number of nitrogens with two attached hydrogens (primary N) is 1. The smallest absolute Gasteiger partial charge is 0.337 e. The summed E-state index contributed by atoms with van der Waals surface area (Å²) in [5.74, 6) is -0.0819. The minimum absolute atomic E-state index is 0.277. The highest BCUT2D eigenvalue weighted by Crippen LogP contribution is 2.26. The van der Waals surface area contributed by atoms with Crippen LogP contribution in [0.15, 0.2) is 18.2 Å². The van der Waals surface area contributed by atoms with Gasteiger partial charge in [0.15, 0.2) is 0 Å². The monoisotopic (exact) mass is 271 g/mol. The van der Waals surface area contributed by atoms with E-state index in [1.54, 1.807) is 0 Å². The molecule has 0 saturated carbocycles. The van der Waals surface area contributed by atoms with Gasteiger partial charge in [0.05, 0.1) is 18.8 Å². The van der Waals surface area contributed by atoms with Gasteiger partial charge in [0.25, 0.3) is 0 Å². The molecule has 2 atom stereocenters. The second-order valence-corrected chi connectivity index (χ2v) is 4.31. The molecule has 0 radical (unpaired) electrons. The maximum Gasteiger partial charge on any atom is 0.337 e. The molecule has 4 N–H and O–H groups in total. The summed E-state index contributed by atoms with van der Waals surface area (Å²) in [6.07, 6.45) is -1.80. The second kappa shape index (κ2) is 6.63. The summed E-state index contributed by atoms with van der Waals surface area (Å²) in [7, 11) is 1.27. The fourth-order valence-corrected chi connectivity index (χ4v) is 1.84. The third-order valence-corrected chi connectivity index (χ3v) is 2.87. The van der Waals surface area contributed by atoms with E-state index in [0.29, 0.717) is 23.4 Å². The number of ether oxygens (including phenoxy) is 1. The minimum Gasteiger partial charge on any atom is -0.465 e. The Morgan fingerprint density at radius 2 is 2.17 bits per heavy atom. The van der Waals surface area contributed by atoms with Crippen molar-refractivity contribution in [2.24, 2.45) is 0 Å². The third kappa shape index (κ3) is 3.38. The van der Waals surface area contributed by atoms with E-state index in [0.717, 1.165) is 0 Å². The van der Waals surface area contributed by atoms with Crippen LogP contribution in [0.1, 0.15) is 28.4 Å². The van der Waals surface area contributed by atoms with Gasteiger partial charge in [-0.1, -0.05) is 0 Å². The lowest BCUT2D eigenvalue weighted by Crippen LogP contribution is -2.20. The fraction of sp³-hybridized carbons (Fsp3) is 0.417. The number of aliphatic hydroxyl groups excluding tert-OH is 2. The number of anilines is 1. The zero-order valence-electron chi connectivity index (χ0n) is 10.0. The van der Waals surface area contributed by atoms with Gasteiger partial charge in [-0.05, 0) is 30.4 Å². The summed E-state index contributed by atoms with van der Waals surface area (Å²) in [6, 6.07) is 4.42. The van der Waals surface area contributed by atoms with Crippen molar-refractivity contribution in [1.82, 2.24) is 0 Å². The lowest BCUT2D eigenvalue weighted by molar-refractivity contribution is 0.0176. The molecule has 0 aromatic heterocycles. The highest BCUT2D eigenvalue weighted by Gasteiger charge is 2.21. The van der Waals surface area contributed by atoms with Crippen molar-refractivity contribution in [3.63, 3.8) is 0 Å². The predicted octanol–water partition coefficient (Wildman–Crippen LogP) is 0.770. The number of esters is 1. The van der Waals surface area contributed by atoms with Crippen LogP contribution in [0.4, 0.5) is 5.69 Å². The van der Waals surface area contributed by atoms with Crippen LogP contribution in [-0.4, -0.2) is 35.1 Å². The number of nitrogen functional groups attached to an aromatic ring is 1. The average Bonchev–Trinajstić information content (AvgIpc) is 2.37. The second-order valence-electron chi connectivity index (χ2n) is 3.86. The molecule has 1 rings (SSSR count). The molecule has 0 heterocycles. The first kappa shape index (κ1) is 14.8. The predicted molar refractivity (Wildman–Crippen MR) is 71.6 cm³/mol. The summed E-state index contributed by atoms with van der Waals surface area (Å²) >= 11 is 3.98. The Kier molecular flexibility index (Phi) is 5.46. The van der Waals surface area contributed by atoms with Gasteiger partial charge in [0.2, 0.25) is 0 Å². The van der Waals surface area contributed by atoms with Gasteiger partial charge < -0.3 is 20.7 Å². The highest BCUT2D eigenvalue weighted by molar-refractivity contribution is 7.80. The normalized spacial score (nSPS) is 14.0. The number of hydrogen-bond donors (Lipinski definition) is 4. The van der Waals surface area contributed by atoms with Gasteiger partial charge >= 0.3 is 5.97 Å². The topological polar surface area (TPSA) is 92.8 Å². The van der Waals surface area contributed by atoms with E-state index < -0.39 is 18.2 Å². The van der Waals surface area contributed by atoms with Gasteiger partial charge in [-0.25, -0.2) is 4.79 Å². The van der Waals surface area contributed by atoms with Crippen molar-refractivity contribution < 1.29 is 19.7 Å². The van der Waals surface area contributed by atoms with Crippen LogP contribution in [0, 0.1) is 0 Å². The van der Waals surface area contributed by atoms with Gasteiger partial charge in [-0.15, -0.1) is 0 Å². The van der Waals surface area contributed by atoms with E-state index in [2.05, 4.69) is 17.4 Å². The van der Waals surface area contributed by atoms with Gasteiger partial charge in [0.1, 0.15) is 6.10 Å². The Labute approximate surface area is 111 Å². The zero-order valence-corrected chi connectivity index (χ0v) is 10.9.